The summed E-state index contributed by atoms with van der Waals surface area (Å²) in [6, 6.07) is 0. The van der Waals surface area contributed by atoms with Gasteiger partial charge in [0.15, 0.2) is 0 Å². The van der Waals surface area contributed by atoms with Gasteiger partial charge in [-0.2, -0.15) is 0 Å². The topological polar surface area (TPSA) is 40.1 Å². The second-order valence-corrected chi connectivity index (χ2v) is 2.21. The molecule has 10 heavy (non-hydrogen) atoms. The minimum absolute atomic E-state index is 0.120. The van der Waals surface area contributed by atoms with Crippen LogP contribution in [0.3, 0.4) is 0 Å². The van der Waals surface area contributed by atoms with Crippen molar-refractivity contribution in [3.63, 3.8) is 0 Å². The van der Waals surface area contributed by atoms with Gasteiger partial charge in [-0.15, -0.1) is 6.58 Å². The first-order valence-electron chi connectivity index (χ1n) is 3.04. The quantitative estimate of drug-likeness (QED) is 0.391. The van der Waals surface area contributed by atoms with Crippen LogP contribution in [0.4, 0.5) is 0 Å². The SMILES string of the molecule is C=C[C+]1C(=O)C(C=C)C1[O-]. The first-order valence-corrected chi connectivity index (χ1v) is 3.04. The van der Waals surface area contributed by atoms with Crippen molar-refractivity contribution in [1.82, 2.24) is 0 Å². The van der Waals surface area contributed by atoms with Crippen LogP contribution in [0, 0.1) is 11.8 Å². The second kappa shape index (κ2) is 2.31. The number of hydrogen-bond donors (Lipinski definition) is 0. The summed E-state index contributed by atoms with van der Waals surface area (Å²) < 4.78 is 0. The predicted molar refractivity (Wildman–Crippen MR) is 35.9 cm³/mol. The van der Waals surface area contributed by atoms with E-state index < -0.39 is 12.0 Å². The van der Waals surface area contributed by atoms with Crippen molar-refractivity contribution in [3.05, 3.63) is 31.2 Å². The molecule has 2 heteroatoms. The molecule has 0 heterocycles. The third-order valence-electron chi connectivity index (χ3n) is 1.69. The molecule has 1 rings (SSSR count). The van der Waals surface area contributed by atoms with Crippen LogP contribution in [-0.4, -0.2) is 11.9 Å². The Kier molecular flexibility index (Phi) is 1.64. The summed E-state index contributed by atoms with van der Waals surface area (Å²) in [6.45, 7) is 6.74. The van der Waals surface area contributed by atoms with E-state index in [1.54, 1.807) is 0 Å². The highest BCUT2D eigenvalue weighted by atomic mass is 16.3. The highest BCUT2D eigenvalue weighted by molar-refractivity contribution is 6.05. The van der Waals surface area contributed by atoms with Crippen LogP contribution < -0.4 is 5.11 Å². The number of carbonyl (C=O) groups is 1. The maximum atomic E-state index is 10.9. The van der Waals surface area contributed by atoms with Crippen molar-refractivity contribution < 1.29 is 9.90 Å². The molecule has 2 nitrogen and oxygen atoms in total. The minimum atomic E-state index is -0.914. The van der Waals surface area contributed by atoms with Crippen molar-refractivity contribution in [2.24, 2.45) is 5.92 Å². The van der Waals surface area contributed by atoms with Crippen molar-refractivity contribution in [2.45, 2.75) is 6.10 Å². The number of Topliss-reactive ketones (excluding diaryl/α,β-unsaturated/α-hetero) is 1. The van der Waals surface area contributed by atoms with Gasteiger partial charge in [0, 0.05) is 6.58 Å². The molecule has 0 aromatic heterocycles. The van der Waals surface area contributed by atoms with Crippen LogP contribution >= 0.6 is 0 Å². The molecule has 2 atom stereocenters. The van der Waals surface area contributed by atoms with E-state index in [1.165, 1.54) is 12.2 Å². The van der Waals surface area contributed by atoms with Crippen LogP contribution in [0.5, 0.6) is 0 Å². The van der Waals surface area contributed by atoms with E-state index in [1.807, 2.05) is 0 Å². The van der Waals surface area contributed by atoms with Crippen molar-refractivity contribution in [3.8, 4) is 0 Å². The Morgan fingerprint density at radius 3 is 2.50 bits per heavy atom. The first kappa shape index (κ1) is 7.09. The zero-order valence-electron chi connectivity index (χ0n) is 5.54. The van der Waals surface area contributed by atoms with Crippen LogP contribution in [0.1, 0.15) is 0 Å². The average molecular weight is 136 g/mol. The van der Waals surface area contributed by atoms with Gasteiger partial charge in [0.25, 0.3) is 0 Å². The normalized spacial score (nSPS) is 31.3. The molecule has 0 amide bonds. The third-order valence-corrected chi connectivity index (χ3v) is 1.69. The van der Waals surface area contributed by atoms with Gasteiger partial charge in [-0.25, -0.2) is 0 Å². The molecule has 0 aliphatic heterocycles. The Bertz CT molecular complexity index is 166. The summed E-state index contributed by atoms with van der Waals surface area (Å²) in [6.07, 6.45) is 1.81. The zero-order chi connectivity index (χ0) is 7.72. The van der Waals surface area contributed by atoms with Gasteiger partial charge in [-0.05, 0) is 6.10 Å². The molecular formula is C8H8O2. The van der Waals surface area contributed by atoms with E-state index in [4.69, 9.17) is 0 Å². The monoisotopic (exact) mass is 136 g/mol. The van der Waals surface area contributed by atoms with Crippen LogP contribution in [0.25, 0.3) is 0 Å². The van der Waals surface area contributed by atoms with Gasteiger partial charge in [-0.1, -0.05) is 6.08 Å². The summed E-state index contributed by atoms with van der Waals surface area (Å²) in [4.78, 5) is 10.9. The van der Waals surface area contributed by atoms with Gasteiger partial charge >= 0.3 is 0 Å². The Balaban J connectivity index is 2.66. The molecule has 1 fully saturated rings. The lowest BCUT2D eigenvalue weighted by Gasteiger charge is -2.37. The third kappa shape index (κ3) is 0.693. The van der Waals surface area contributed by atoms with E-state index in [0.29, 0.717) is 5.92 Å². The highest BCUT2D eigenvalue weighted by Gasteiger charge is 2.46. The number of carbonyl (C=O) groups excluding carboxylic acids is 1. The molecule has 52 valence electrons. The summed E-state index contributed by atoms with van der Waals surface area (Å²) in [7, 11) is 0. The fourth-order valence-electron chi connectivity index (χ4n) is 1.01. The smallest absolute Gasteiger partial charge is 0.245 e. The summed E-state index contributed by atoms with van der Waals surface area (Å²) >= 11 is 0. The molecule has 0 bridgehead atoms. The Hall–Kier alpha value is -1.02. The fraction of sp³-hybridized carbons (Fsp3) is 0.250. The standard InChI is InChI=1S/C8H8O2/c1-3-5-7(9)6(4-2)8(5)10/h3-5,7H,1-2H2. The molecule has 1 aliphatic rings. The first-order chi connectivity index (χ1) is 4.72. The van der Waals surface area contributed by atoms with Crippen LogP contribution in [0.2, 0.25) is 0 Å². The molecule has 0 saturated heterocycles. The lowest BCUT2D eigenvalue weighted by atomic mass is 9.71. The Morgan fingerprint density at radius 1 is 1.60 bits per heavy atom. The van der Waals surface area contributed by atoms with Crippen LogP contribution in [0.15, 0.2) is 25.3 Å². The maximum Gasteiger partial charge on any atom is 0.245 e. The molecule has 0 aromatic rings. The molecule has 0 N–H and O–H groups in total. The van der Waals surface area contributed by atoms with Gasteiger partial charge in [0.1, 0.15) is 5.92 Å². The Labute approximate surface area is 59.9 Å². The number of rotatable bonds is 2. The zero-order valence-corrected chi connectivity index (χ0v) is 5.54. The lowest BCUT2D eigenvalue weighted by molar-refractivity contribution is -0.425. The molecule has 1 aliphatic carbocycles. The van der Waals surface area contributed by atoms with Gasteiger partial charge in [-0.3, -0.25) is 4.79 Å². The van der Waals surface area contributed by atoms with Crippen molar-refractivity contribution >= 4 is 5.78 Å². The summed E-state index contributed by atoms with van der Waals surface area (Å²) in [5, 5.41) is 10.9. The maximum absolute atomic E-state index is 10.9. The van der Waals surface area contributed by atoms with Crippen LogP contribution in [-0.2, 0) is 4.79 Å². The lowest BCUT2D eigenvalue weighted by Crippen LogP contribution is -2.56. The molecule has 0 radical (unpaired) electrons. The van der Waals surface area contributed by atoms with E-state index in [9.17, 15) is 9.90 Å². The molecule has 0 aromatic carbocycles. The van der Waals surface area contributed by atoms with E-state index in [-0.39, 0.29) is 5.78 Å². The molecule has 1 saturated carbocycles. The second-order valence-electron chi connectivity index (χ2n) is 2.21. The van der Waals surface area contributed by atoms with E-state index in [2.05, 4.69) is 13.2 Å². The number of ketones is 1. The summed E-state index contributed by atoms with van der Waals surface area (Å²) in [5.41, 5.74) is 0. The molecular weight excluding hydrogens is 128 g/mol. The highest BCUT2D eigenvalue weighted by Crippen LogP contribution is 2.31. The van der Waals surface area contributed by atoms with Crippen molar-refractivity contribution in [1.29, 1.82) is 0 Å². The average Bonchev–Trinajstić information content (AvgIpc) is 1.90. The molecule has 2 unspecified atom stereocenters. The largest absolute Gasteiger partial charge is 0.832 e. The number of hydrogen-bond acceptors (Lipinski definition) is 2. The molecule has 0 spiro atoms. The van der Waals surface area contributed by atoms with E-state index >= 15 is 0 Å². The van der Waals surface area contributed by atoms with Crippen molar-refractivity contribution in [2.75, 3.05) is 0 Å². The Morgan fingerprint density at radius 2 is 2.20 bits per heavy atom. The van der Waals surface area contributed by atoms with Gasteiger partial charge in [0.05, 0.1) is 12.0 Å². The van der Waals surface area contributed by atoms with Gasteiger partial charge < -0.3 is 5.11 Å². The predicted octanol–water partition coefficient (Wildman–Crippen LogP) is -0.139. The van der Waals surface area contributed by atoms with E-state index in [0.717, 1.165) is 0 Å². The van der Waals surface area contributed by atoms with Gasteiger partial charge in [0.2, 0.25) is 5.78 Å². The summed E-state index contributed by atoms with van der Waals surface area (Å²) in [5.74, 6) is -0.331. The fourth-order valence-corrected chi connectivity index (χ4v) is 1.01. The minimum Gasteiger partial charge on any atom is -0.832 e.